The Labute approximate surface area is 195 Å². The van der Waals surface area contributed by atoms with Gasteiger partial charge in [-0.1, -0.05) is 48.6 Å². The van der Waals surface area contributed by atoms with Crippen molar-refractivity contribution in [3.63, 3.8) is 0 Å². The lowest BCUT2D eigenvalue weighted by Gasteiger charge is -2.22. The number of rotatable bonds is 11. The van der Waals surface area contributed by atoms with Crippen LogP contribution in [0.3, 0.4) is 0 Å². The van der Waals surface area contributed by atoms with Crippen molar-refractivity contribution in [1.29, 1.82) is 0 Å². The van der Waals surface area contributed by atoms with Crippen LogP contribution in [0.1, 0.15) is 30.5 Å². The first-order chi connectivity index (χ1) is 15.9. The van der Waals surface area contributed by atoms with Gasteiger partial charge in [-0.15, -0.1) is 0 Å². The van der Waals surface area contributed by atoms with E-state index in [1.807, 2.05) is 67.5 Å². The highest BCUT2D eigenvalue weighted by molar-refractivity contribution is 5.66. The van der Waals surface area contributed by atoms with Gasteiger partial charge in [0.15, 0.2) is 0 Å². The first-order valence-electron chi connectivity index (χ1n) is 11.0. The van der Waals surface area contributed by atoms with Gasteiger partial charge in [0.25, 0.3) is 0 Å². The highest BCUT2D eigenvalue weighted by Gasteiger charge is 2.14. The van der Waals surface area contributed by atoms with Gasteiger partial charge in [0.2, 0.25) is 0 Å². The maximum atomic E-state index is 9.86. The normalized spacial score (nSPS) is 14.5. The van der Waals surface area contributed by atoms with Crippen molar-refractivity contribution >= 4 is 6.08 Å². The molecule has 7 nitrogen and oxygen atoms in total. The highest BCUT2D eigenvalue weighted by Crippen LogP contribution is 2.24. The second-order valence-corrected chi connectivity index (χ2v) is 8.24. The summed E-state index contributed by atoms with van der Waals surface area (Å²) in [6, 6.07) is 15.7. The predicted octanol–water partition coefficient (Wildman–Crippen LogP) is 3.15. The average molecular weight is 452 g/mol. The largest absolute Gasteiger partial charge is 0.492 e. The number of benzene rings is 2. The van der Waals surface area contributed by atoms with Crippen LogP contribution in [0.15, 0.2) is 67.0 Å². The number of hydrogen-bond acceptors (Lipinski definition) is 6. The van der Waals surface area contributed by atoms with Crippen molar-refractivity contribution in [2.45, 2.75) is 25.1 Å². The Balaban J connectivity index is 1.64. The molecule has 1 aromatic heterocycles. The Morgan fingerprint density at radius 1 is 1.00 bits per heavy atom. The maximum absolute atomic E-state index is 9.86. The molecular weight excluding hydrogens is 418 g/mol. The summed E-state index contributed by atoms with van der Waals surface area (Å²) >= 11 is 0. The van der Waals surface area contributed by atoms with E-state index >= 15 is 0 Å². The molecule has 33 heavy (non-hydrogen) atoms. The molecule has 3 N–H and O–H groups in total. The molecule has 3 atom stereocenters. The molecule has 7 heteroatoms. The van der Waals surface area contributed by atoms with Crippen molar-refractivity contribution in [2.24, 2.45) is 0 Å². The Bertz CT molecular complexity index is 1010. The molecule has 3 rings (SSSR count). The molecule has 1 heterocycles. The van der Waals surface area contributed by atoms with Gasteiger partial charge in [0, 0.05) is 12.4 Å². The zero-order valence-corrected chi connectivity index (χ0v) is 19.4. The van der Waals surface area contributed by atoms with Crippen molar-refractivity contribution in [3.05, 3.63) is 78.4 Å². The lowest BCUT2D eigenvalue weighted by Crippen LogP contribution is -2.36. The SMILES string of the molecule is CC(O)c1nccn1C(/C=C/c1ccc(-c2ccc(OCC(CO)N(C)C)cc2)cc1)CO. The third-order valence-electron chi connectivity index (χ3n) is 5.61. The first-order valence-corrected chi connectivity index (χ1v) is 11.0. The summed E-state index contributed by atoms with van der Waals surface area (Å²) < 4.78 is 7.57. The van der Waals surface area contributed by atoms with Crippen LogP contribution in [0.25, 0.3) is 17.2 Å². The van der Waals surface area contributed by atoms with E-state index in [1.165, 1.54) is 0 Å². The van der Waals surface area contributed by atoms with E-state index in [2.05, 4.69) is 17.1 Å². The van der Waals surface area contributed by atoms with Gasteiger partial charge >= 0.3 is 0 Å². The van der Waals surface area contributed by atoms with E-state index < -0.39 is 6.10 Å². The summed E-state index contributed by atoms with van der Waals surface area (Å²) in [4.78, 5) is 6.11. The van der Waals surface area contributed by atoms with Crippen LogP contribution in [-0.4, -0.2) is 69.7 Å². The summed E-state index contributed by atoms with van der Waals surface area (Å²) in [5.41, 5.74) is 3.18. The second kappa shape index (κ2) is 11.8. The Morgan fingerprint density at radius 3 is 2.18 bits per heavy atom. The summed E-state index contributed by atoms with van der Waals surface area (Å²) in [5.74, 6) is 1.29. The Hall–Kier alpha value is -2.97. The highest BCUT2D eigenvalue weighted by atomic mass is 16.5. The van der Waals surface area contributed by atoms with E-state index in [-0.39, 0.29) is 25.3 Å². The Morgan fingerprint density at radius 2 is 1.64 bits per heavy atom. The minimum Gasteiger partial charge on any atom is -0.492 e. The van der Waals surface area contributed by atoms with E-state index in [0.717, 1.165) is 22.4 Å². The number of likely N-dealkylation sites (N-methyl/N-ethyl adjacent to an activating group) is 1. The standard InChI is InChI=1S/C26H33N3O4/c1-19(32)26-27-14-15-29(26)23(16-30)11-6-20-4-7-21(8-5-20)22-9-12-25(13-10-22)33-18-24(17-31)28(2)3/h4-15,19,23-24,30-32H,16-18H2,1-3H3/b11-6+. The van der Waals surface area contributed by atoms with E-state index in [4.69, 9.17) is 4.74 Å². The van der Waals surface area contributed by atoms with Crippen molar-refractivity contribution in [3.8, 4) is 16.9 Å². The second-order valence-electron chi connectivity index (χ2n) is 8.24. The van der Waals surface area contributed by atoms with Crippen LogP contribution in [-0.2, 0) is 0 Å². The summed E-state index contributed by atoms with van der Waals surface area (Å²) in [6.45, 7) is 2.04. The van der Waals surface area contributed by atoms with Crippen molar-refractivity contribution in [2.75, 3.05) is 33.9 Å². The van der Waals surface area contributed by atoms with E-state index in [0.29, 0.717) is 12.4 Å². The van der Waals surface area contributed by atoms with Gasteiger partial charge < -0.3 is 29.5 Å². The summed E-state index contributed by atoms with van der Waals surface area (Å²) in [5, 5.41) is 29.1. The van der Waals surface area contributed by atoms with Crippen LogP contribution >= 0.6 is 0 Å². The summed E-state index contributed by atoms with van der Waals surface area (Å²) in [7, 11) is 3.83. The van der Waals surface area contributed by atoms with Gasteiger partial charge in [0.1, 0.15) is 24.3 Å². The zero-order valence-electron chi connectivity index (χ0n) is 19.4. The maximum Gasteiger partial charge on any atom is 0.137 e. The molecule has 0 saturated carbocycles. The average Bonchev–Trinajstić information content (AvgIpc) is 3.31. The fourth-order valence-corrected chi connectivity index (χ4v) is 3.48. The monoisotopic (exact) mass is 451 g/mol. The van der Waals surface area contributed by atoms with Crippen LogP contribution in [0, 0.1) is 0 Å². The molecule has 0 bridgehead atoms. The minimum atomic E-state index is -0.706. The quantitative estimate of drug-likeness (QED) is 0.415. The van der Waals surface area contributed by atoms with Crippen LogP contribution in [0.4, 0.5) is 0 Å². The molecule has 0 amide bonds. The topological polar surface area (TPSA) is 91.0 Å². The molecule has 176 valence electrons. The number of hydrogen-bond donors (Lipinski definition) is 3. The van der Waals surface area contributed by atoms with Crippen LogP contribution in [0.2, 0.25) is 0 Å². The molecule has 0 radical (unpaired) electrons. The number of ether oxygens (including phenoxy) is 1. The molecule has 0 aliphatic rings. The third-order valence-corrected chi connectivity index (χ3v) is 5.61. The lowest BCUT2D eigenvalue weighted by molar-refractivity contribution is 0.118. The van der Waals surface area contributed by atoms with Gasteiger partial charge in [0.05, 0.1) is 25.3 Å². The van der Waals surface area contributed by atoms with Gasteiger partial charge in [-0.2, -0.15) is 0 Å². The Kier molecular flexibility index (Phi) is 8.79. The molecule has 0 saturated heterocycles. The van der Waals surface area contributed by atoms with Gasteiger partial charge in [-0.3, -0.25) is 0 Å². The van der Waals surface area contributed by atoms with Gasteiger partial charge in [-0.05, 0) is 49.8 Å². The smallest absolute Gasteiger partial charge is 0.137 e. The van der Waals surface area contributed by atoms with E-state index in [1.54, 1.807) is 23.9 Å². The summed E-state index contributed by atoms with van der Waals surface area (Å²) in [6.07, 6.45) is 6.53. The number of aromatic nitrogens is 2. The molecular formula is C26H33N3O4. The van der Waals surface area contributed by atoms with Crippen molar-refractivity contribution in [1.82, 2.24) is 14.5 Å². The zero-order chi connectivity index (χ0) is 23.8. The van der Waals surface area contributed by atoms with Crippen LogP contribution < -0.4 is 4.74 Å². The molecule has 2 aromatic carbocycles. The molecule has 3 unspecified atom stereocenters. The third kappa shape index (κ3) is 6.52. The number of aliphatic hydroxyl groups is 3. The van der Waals surface area contributed by atoms with E-state index in [9.17, 15) is 15.3 Å². The molecule has 3 aromatic rings. The fourth-order valence-electron chi connectivity index (χ4n) is 3.48. The van der Waals surface area contributed by atoms with Crippen molar-refractivity contribution < 1.29 is 20.1 Å². The minimum absolute atomic E-state index is 0.0388. The number of imidazole rings is 1. The van der Waals surface area contributed by atoms with Gasteiger partial charge in [-0.25, -0.2) is 4.98 Å². The predicted molar refractivity (Wildman–Crippen MR) is 130 cm³/mol. The van der Waals surface area contributed by atoms with Crippen LogP contribution in [0.5, 0.6) is 5.75 Å². The molecule has 0 fully saturated rings. The lowest BCUT2D eigenvalue weighted by atomic mass is 10.0. The molecule has 0 aliphatic carbocycles. The fraction of sp³-hybridized carbons (Fsp3) is 0.346. The number of nitrogens with zero attached hydrogens (tertiary/aromatic N) is 3. The molecule has 0 spiro atoms. The molecule has 0 aliphatic heterocycles. The number of aliphatic hydroxyl groups excluding tert-OH is 3. The first kappa shape index (κ1) is 24.7.